The first-order valence-corrected chi connectivity index (χ1v) is 6.81. The molecule has 1 N–H and O–H groups in total. The molecular formula is C15H24N2O3. The van der Waals surface area contributed by atoms with Crippen LogP contribution in [0.25, 0.3) is 0 Å². The van der Waals surface area contributed by atoms with Crippen LogP contribution in [0.3, 0.4) is 0 Å². The zero-order chi connectivity index (χ0) is 15.0. The largest absolute Gasteiger partial charge is 0.493 e. The molecule has 0 atom stereocenters. The van der Waals surface area contributed by atoms with E-state index >= 15 is 0 Å². The van der Waals surface area contributed by atoms with E-state index in [1.807, 2.05) is 11.9 Å². The number of carbonyl (C=O) groups is 1. The van der Waals surface area contributed by atoms with Crippen molar-refractivity contribution in [2.24, 2.45) is 0 Å². The minimum atomic E-state index is -0.0316. The quantitative estimate of drug-likeness (QED) is 0.794. The molecule has 1 amide bonds. The highest BCUT2D eigenvalue weighted by Gasteiger charge is 2.09. The maximum absolute atomic E-state index is 11.9. The molecule has 0 aliphatic carbocycles. The normalized spacial score (nSPS) is 10.4. The van der Waals surface area contributed by atoms with E-state index in [0.717, 1.165) is 19.4 Å². The predicted molar refractivity (Wildman–Crippen MR) is 80.6 cm³/mol. The summed E-state index contributed by atoms with van der Waals surface area (Å²) in [5, 5.41) is 2.86. The Hall–Kier alpha value is -1.75. The number of amides is 1. The van der Waals surface area contributed by atoms with Crippen LogP contribution in [0.1, 0.15) is 19.8 Å². The molecule has 0 bridgehead atoms. The van der Waals surface area contributed by atoms with Crippen LogP contribution < -0.4 is 14.8 Å². The number of hydrogen-bond donors (Lipinski definition) is 1. The van der Waals surface area contributed by atoms with Gasteiger partial charge in [-0.1, -0.05) is 13.3 Å². The summed E-state index contributed by atoms with van der Waals surface area (Å²) in [4.78, 5) is 13.9. The molecule has 5 heteroatoms. The maximum atomic E-state index is 11.9. The molecule has 0 aliphatic rings. The van der Waals surface area contributed by atoms with E-state index in [1.165, 1.54) is 0 Å². The van der Waals surface area contributed by atoms with Crippen LogP contribution in [0.2, 0.25) is 0 Å². The number of methoxy groups -OCH3 is 2. The number of rotatable bonds is 8. The Labute approximate surface area is 120 Å². The molecule has 0 spiro atoms. The molecule has 1 rings (SSSR count). The third-order valence-corrected chi connectivity index (χ3v) is 2.97. The Balaban J connectivity index is 2.57. The van der Waals surface area contributed by atoms with Gasteiger partial charge in [-0.15, -0.1) is 0 Å². The van der Waals surface area contributed by atoms with Gasteiger partial charge in [0.05, 0.1) is 20.8 Å². The molecule has 0 fully saturated rings. The van der Waals surface area contributed by atoms with Crippen LogP contribution in [0.5, 0.6) is 11.5 Å². The van der Waals surface area contributed by atoms with Gasteiger partial charge < -0.3 is 14.8 Å². The average molecular weight is 280 g/mol. The standard InChI is InChI=1S/C15H24N2O3/c1-5-6-9-17(2)11-15(18)16-12-7-8-13(19-3)14(10-12)20-4/h7-8,10H,5-6,9,11H2,1-4H3,(H,16,18). The van der Waals surface area contributed by atoms with Crippen LogP contribution in [0.15, 0.2) is 18.2 Å². The Morgan fingerprint density at radius 2 is 1.95 bits per heavy atom. The van der Waals surface area contributed by atoms with Gasteiger partial charge in [0, 0.05) is 11.8 Å². The van der Waals surface area contributed by atoms with Crippen LogP contribution in [0, 0.1) is 0 Å². The first-order chi connectivity index (χ1) is 9.60. The van der Waals surface area contributed by atoms with Gasteiger partial charge in [-0.05, 0) is 32.1 Å². The van der Waals surface area contributed by atoms with Crippen LogP contribution in [-0.4, -0.2) is 45.2 Å². The summed E-state index contributed by atoms with van der Waals surface area (Å²) in [6, 6.07) is 5.32. The molecule has 0 saturated heterocycles. The third kappa shape index (κ3) is 5.09. The fourth-order valence-electron chi connectivity index (χ4n) is 1.87. The van der Waals surface area contributed by atoms with Gasteiger partial charge >= 0.3 is 0 Å². The second-order valence-electron chi connectivity index (χ2n) is 4.71. The summed E-state index contributed by atoms with van der Waals surface area (Å²) in [6.07, 6.45) is 2.22. The van der Waals surface area contributed by atoms with Crippen molar-refractivity contribution < 1.29 is 14.3 Å². The number of nitrogens with zero attached hydrogens (tertiary/aromatic N) is 1. The highest BCUT2D eigenvalue weighted by atomic mass is 16.5. The van der Waals surface area contributed by atoms with Gasteiger partial charge in [-0.2, -0.15) is 0 Å². The lowest BCUT2D eigenvalue weighted by Gasteiger charge is -2.16. The van der Waals surface area contributed by atoms with Crippen LogP contribution in [-0.2, 0) is 4.79 Å². The Kier molecular flexibility index (Phi) is 6.87. The lowest BCUT2D eigenvalue weighted by Crippen LogP contribution is -2.30. The number of carbonyl (C=O) groups excluding carboxylic acids is 1. The number of hydrogen-bond acceptors (Lipinski definition) is 4. The molecule has 1 aromatic rings. The molecule has 112 valence electrons. The van der Waals surface area contributed by atoms with E-state index in [4.69, 9.17) is 9.47 Å². The number of anilines is 1. The summed E-state index contributed by atoms with van der Waals surface area (Å²) >= 11 is 0. The van der Waals surface area contributed by atoms with E-state index in [-0.39, 0.29) is 5.91 Å². The fraction of sp³-hybridized carbons (Fsp3) is 0.533. The topological polar surface area (TPSA) is 50.8 Å². The molecule has 0 aromatic heterocycles. The average Bonchev–Trinajstić information content (AvgIpc) is 2.44. The predicted octanol–water partition coefficient (Wildman–Crippen LogP) is 2.37. The van der Waals surface area contributed by atoms with E-state index in [2.05, 4.69) is 12.2 Å². The maximum Gasteiger partial charge on any atom is 0.238 e. The van der Waals surface area contributed by atoms with Crippen molar-refractivity contribution in [3.8, 4) is 11.5 Å². The summed E-state index contributed by atoms with van der Waals surface area (Å²) in [6.45, 7) is 3.45. The number of nitrogens with one attached hydrogen (secondary N) is 1. The van der Waals surface area contributed by atoms with Crippen molar-refractivity contribution in [2.75, 3.05) is 39.7 Å². The zero-order valence-electron chi connectivity index (χ0n) is 12.7. The van der Waals surface area contributed by atoms with E-state index in [1.54, 1.807) is 32.4 Å². The molecule has 0 aliphatic heterocycles. The van der Waals surface area contributed by atoms with Gasteiger partial charge in [-0.25, -0.2) is 0 Å². The number of ether oxygens (including phenoxy) is 2. The van der Waals surface area contributed by atoms with Crippen molar-refractivity contribution in [1.82, 2.24) is 4.90 Å². The van der Waals surface area contributed by atoms with Gasteiger partial charge in [-0.3, -0.25) is 9.69 Å². The summed E-state index contributed by atoms with van der Waals surface area (Å²) in [5.41, 5.74) is 0.705. The lowest BCUT2D eigenvalue weighted by molar-refractivity contribution is -0.117. The molecule has 0 heterocycles. The second kappa shape index (κ2) is 8.43. The Bertz CT molecular complexity index is 435. The summed E-state index contributed by atoms with van der Waals surface area (Å²) < 4.78 is 10.4. The monoisotopic (exact) mass is 280 g/mol. The van der Waals surface area contributed by atoms with Gasteiger partial charge in [0.25, 0.3) is 0 Å². The minimum absolute atomic E-state index is 0.0316. The molecule has 20 heavy (non-hydrogen) atoms. The van der Waals surface area contributed by atoms with Gasteiger partial charge in [0.1, 0.15) is 0 Å². The van der Waals surface area contributed by atoms with Crippen molar-refractivity contribution in [3.05, 3.63) is 18.2 Å². The zero-order valence-corrected chi connectivity index (χ0v) is 12.7. The molecule has 5 nitrogen and oxygen atoms in total. The molecule has 0 saturated carbocycles. The fourth-order valence-corrected chi connectivity index (χ4v) is 1.87. The van der Waals surface area contributed by atoms with Crippen molar-refractivity contribution in [3.63, 3.8) is 0 Å². The molecule has 0 unspecified atom stereocenters. The number of unbranched alkanes of at least 4 members (excludes halogenated alkanes) is 1. The second-order valence-corrected chi connectivity index (χ2v) is 4.71. The van der Waals surface area contributed by atoms with Crippen LogP contribution in [0.4, 0.5) is 5.69 Å². The minimum Gasteiger partial charge on any atom is -0.493 e. The summed E-state index contributed by atoms with van der Waals surface area (Å²) in [5.74, 6) is 1.21. The first kappa shape index (κ1) is 16.3. The van der Waals surface area contributed by atoms with Crippen LogP contribution >= 0.6 is 0 Å². The Morgan fingerprint density at radius 3 is 2.55 bits per heavy atom. The van der Waals surface area contributed by atoms with Crippen molar-refractivity contribution in [2.45, 2.75) is 19.8 Å². The summed E-state index contributed by atoms with van der Waals surface area (Å²) in [7, 11) is 5.10. The highest BCUT2D eigenvalue weighted by molar-refractivity contribution is 5.92. The number of benzene rings is 1. The van der Waals surface area contributed by atoms with E-state index in [9.17, 15) is 4.79 Å². The highest BCUT2D eigenvalue weighted by Crippen LogP contribution is 2.29. The van der Waals surface area contributed by atoms with Crippen molar-refractivity contribution >= 4 is 11.6 Å². The van der Waals surface area contributed by atoms with Crippen molar-refractivity contribution in [1.29, 1.82) is 0 Å². The third-order valence-electron chi connectivity index (χ3n) is 2.97. The van der Waals surface area contributed by atoms with Gasteiger partial charge in [0.2, 0.25) is 5.91 Å². The smallest absolute Gasteiger partial charge is 0.238 e. The first-order valence-electron chi connectivity index (χ1n) is 6.81. The van der Waals surface area contributed by atoms with E-state index < -0.39 is 0 Å². The molecule has 0 radical (unpaired) electrons. The van der Waals surface area contributed by atoms with Gasteiger partial charge in [0.15, 0.2) is 11.5 Å². The SMILES string of the molecule is CCCCN(C)CC(=O)Nc1ccc(OC)c(OC)c1. The Morgan fingerprint density at radius 1 is 1.25 bits per heavy atom. The molecule has 1 aromatic carbocycles. The van der Waals surface area contributed by atoms with E-state index in [0.29, 0.717) is 23.7 Å². The number of likely N-dealkylation sites (N-methyl/N-ethyl adjacent to an activating group) is 1. The lowest BCUT2D eigenvalue weighted by atomic mass is 10.2. The molecular weight excluding hydrogens is 256 g/mol.